The van der Waals surface area contributed by atoms with Gasteiger partial charge in [-0.15, -0.1) is 11.8 Å². The Labute approximate surface area is 163 Å². The number of ketones is 1. The van der Waals surface area contributed by atoms with Gasteiger partial charge in [0.25, 0.3) is 0 Å². The normalized spacial score (nSPS) is 11.0. The molecule has 3 rings (SSSR count). The van der Waals surface area contributed by atoms with Gasteiger partial charge in [-0.2, -0.15) is 5.10 Å². The molecule has 0 saturated heterocycles. The Hall–Kier alpha value is -2.79. The number of methoxy groups -OCH3 is 1. The average molecular weight is 378 g/mol. The number of nitrogens with zero attached hydrogens (tertiary/aromatic N) is 2. The molecule has 3 aromatic rings. The van der Waals surface area contributed by atoms with Crippen molar-refractivity contribution in [3.63, 3.8) is 0 Å². The van der Waals surface area contributed by atoms with E-state index in [-0.39, 0.29) is 5.78 Å². The van der Waals surface area contributed by atoms with Crippen LogP contribution in [0.1, 0.15) is 28.5 Å². The summed E-state index contributed by atoms with van der Waals surface area (Å²) in [5.74, 6) is 1.59. The maximum Gasteiger partial charge on any atom is 0.203 e. The molecule has 0 fully saturated rings. The number of carbonyl (C=O) groups is 1. The van der Waals surface area contributed by atoms with Gasteiger partial charge in [-0.25, -0.2) is 0 Å². The third-order valence-corrected chi connectivity index (χ3v) is 5.21. The maximum atomic E-state index is 12.4. The molecule has 138 valence electrons. The standard InChI is InChI=1S/C22H22N2O2S/c1-3-24-20(13-14-23-24)21(25)12-10-17-9-11-18(22(15-17)26-2)16-27-19-7-5-4-6-8-19/h4-15H,3,16H2,1-2H3/b12-10+. The zero-order valence-electron chi connectivity index (χ0n) is 15.5. The summed E-state index contributed by atoms with van der Waals surface area (Å²) in [6.45, 7) is 2.63. The molecule has 0 atom stereocenters. The van der Waals surface area contributed by atoms with Gasteiger partial charge in [0.2, 0.25) is 5.78 Å². The minimum absolute atomic E-state index is 0.0583. The molecule has 2 aromatic carbocycles. The lowest BCUT2D eigenvalue weighted by Crippen LogP contribution is -2.07. The molecule has 0 unspecified atom stereocenters. The monoisotopic (exact) mass is 378 g/mol. The molecule has 0 radical (unpaired) electrons. The van der Waals surface area contributed by atoms with E-state index in [1.165, 1.54) is 4.90 Å². The van der Waals surface area contributed by atoms with Crippen molar-refractivity contribution in [3.05, 3.63) is 83.7 Å². The molecule has 5 heteroatoms. The number of aryl methyl sites for hydroxylation is 1. The van der Waals surface area contributed by atoms with Crippen molar-refractivity contribution in [2.75, 3.05) is 7.11 Å². The summed E-state index contributed by atoms with van der Waals surface area (Å²) >= 11 is 1.77. The number of carbonyl (C=O) groups excluding carboxylic acids is 1. The Bertz CT molecular complexity index is 932. The van der Waals surface area contributed by atoms with Crippen LogP contribution in [-0.4, -0.2) is 22.7 Å². The topological polar surface area (TPSA) is 44.1 Å². The van der Waals surface area contributed by atoms with E-state index in [1.807, 2.05) is 43.3 Å². The van der Waals surface area contributed by atoms with Crippen LogP contribution in [0.25, 0.3) is 6.08 Å². The third kappa shape index (κ3) is 4.89. The fourth-order valence-corrected chi connectivity index (χ4v) is 3.62. The minimum Gasteiger partial charge on any atom is -0.496 e. The molecule has 0 spiro atoms. The van der Waals surface area contributed by atoms with Gasteiger partial charge in [-0.05, 0) is 42.8 Å². The highest BCUT2D eigenvalue weighted by Gasteiger charge is 2.08. The predicted molar refractivity (Wildman–Crippen MR) is 110 cm³/mol. The summed E-state index contributed by atoms with van der Waals surface area (Å²) in [6.07, 6.45) is 5.04. The van der Waals surface area contributed by atoms with Crippen molar-refractivity contribution in [2.45, 2.75) is 24.1 Å². The molecular formula is C22H22N2O2S. The fraction of sp³-hybridized carbons (Fsp3) is 0.182. The minimum atomic E-state index is -0.0583. The van der Waals surface area contributed by atoms with Crippen LogP contribution in [0.3, 0.4) is 0 Å². The second kappa shape index (κ2) is 9.24. The van der Waals surface area contributed by atoms with E-state index in [1.54, 1.807) is 41.9 Å². The van der Waals surface area contributed by atoms with E-state index in [4.69, 9.17) is 4.74 Å². The molecular weight excluding hydrogens is 356 g/mol. The molecule has 0 aliphatic rings. The average Bonchev–Trinajstić information content (AvgIpc) is 3.20. The quantitative estimate of drug-likeness (QED) is 0.311. The SMILES string of the molecule is CCn1nccc1C(=O)/C=C/c1ccc(CSc2ccccc2)c(OC)c1. The summed E-state index contributed by atoms with van der Waals surface area (Å²) in [6, 6.07) is 18.0. The van der Waals surface area contributed by atoms with E-state index in [0.717, 1.165) is 22.6 Å². The largest absolute Gasteiger partial charge is 0.496 e. The lowest BCUT2D eigenvalue weighted by molar-refractivity contribution is 0.103. The van der Waals surface area contributed by atoms with Gasteiger partial charge in [0.1, 0.15) is 11.4 Å². The smallest absolute Gasteiger partial charge is 0.203 e. The van der Waals surface area contributed by atoms with Gasteiger partial charge < -0.3 is 4.74 Å². The summed E-state index contributed by atoms with van der Waals surface area (Å²) in [5, 5.41) is 4.13. The molecule has 1 heterocycles. The summed E-state index contributed by atoms with van der Waals surface area (Å²) in [4.78, 5) is 13.6. The van der Waals surface area contributed by atoms with Crippen molar-refractivity contribution in [1.82, 2.24) is 9.78 Å². The molecule has 0 aliphatic carbocycles. The van der Waals surface area contributed by atoms with Crippen LogP contribution in [0, 0.1) is 0 Å². The zero-order chi connectivity index (χ0) is 19.1. The highest BCUT2D eigenvalue weighted by Crippen LogP contribution is 2.29. The Morgan fingerprint density at radius 2 is 2.00 bits per heavy atom. The first-order valence-electron chi connectivity index (χ1n) is 8.80. The first kappa shape index (κ1) is 19.0. The number of hydrogen-bond donors (Lipinski definition) is 0. The zero-order valence-corrected chi connectivity index (χ0v) is 16.3. The van der Waals surface area contributed by atoms with Crippen LogP contribution in [0.15, 0.2) is 71.8 Å². The van der Waals surface area contributed by atoms with E-state index in [2.05, 4.69) is 23.3 Å². The van der Waals surface area contributed by atoms with Crippen molar-refractivity contribution in [2.24, 2.45) is 0 Å². The number of ether oxygens (including phenoxy) is 1. The highest BCUT2D eigenvalue weighted by molar-refractivity contribution is 7.98. The number of aromatic nitrogens is 2. The first-order chi connectivity index (χ1) is 13.2. The van der Waals surface area contributed by atoms with Crippen LogP contribution >= 0.6 is 11.8 Å². The van der Waals surface area contributed by atoms with Gasteiger partial charge in [-0.3, -0.25) is 9.48 Å². The van der Waals surface area contributed by atoms with Gasteiger partial charge in [-0.1, -0.05) is 36.4 Å². The summed E-state index contributed by atoms with van der Waals surface area (Å²) < 4.78 is 7.24. The number of rotatable bonds is 8. The lowest BCUT2D eigenvalue weighted by atomic mass is 10.1. The van der Waals surface area contributed by atoms with E-state index < -0.39 is 0 Å². The van der Waals surface area contributed by atoms with Crippen molar-refractivity contribution in [3.8, 4) is 5.75 Å². The molecule has 1 aromatic heterocycles. The molecule has 0 saturated carbocycles. The van der Waals surface area contributed by atoms with E-state index >= 15 is 0 Å². The first-order valence-corrected chi connectivity index (χ1v) is 9.78. The lowest BCUT2D eigenvalue weighted by Gasteiger charge is -2.09. The Morgan fingerprint density at radius 1 is 1.19 bits per heavy atom. The van der Waals surface area contributed by atoms with Crippen molar-refractivity contribution in [1.29, 1.82) is 0 Å². The third-order valence-electron chi connectivity index (χ3n) is 4.14. The van der Waals surface area contributed by atoms with E-state index in [0.29, 0.717) is 12.2 Å². The Morgan fingerprint density at radius 3 is 2.74 bits per heavy atom. The van der Waals surface area contributed by atoms with Gasteiger partial charge in [0, 0.05) is 29.0 Å². The molecule has 4 nitrogen and oxygen atoms in total. The van der Waals surface area contributed by atoms with Crippen LogP contribution in [0.5, 0.6) is 5.75 Å². The molecule has 0 N–H and O–H groups in total. The summed E-state index contributed by atoms with van der Waals surface area (Å²) in [5.41, 5.74) is 2.65. The molecule has 0 bridgehead atoms. The van der Waals surface area contributed by atoms with Gasteiger partial charge in [0.15, 0.2) is 0 Å². The Balaban J connectivity index is 1.71. The predicted octanol–water partition coefficient (Wildman–Crippen LogP) is 5.10. The second-order valence-electron chi connectivity index (χ2n) is 5.90. The summed E-state index contributed by atoms with van der Waals surface area (Å²) in [7, 11) is 1.67. The van der Waals surface area contributed by atoms with Crippen molar-refractivity contribution < 1.29 is 9.53 Å². The van der Waals surface area contributed by atoms with E-state index in [9.17, 15) is 4.79 Å². The highest BCUT2D eigenvalue weighted by atomic mass is 32.2. The number of thioether (sulfide) groups is 1. The van der Waals surface area contributed by atoms with Crippen LogP contribution in [-0.2, 0) is 12.3 Å². The van der Waals surface area contributed by atoms with Crippen LogP contribution in [0.4, 0.5) is 0 Å². The van der Waals surface area contributed by atoms with Crippen LogP contribution in [0.2, 0.25) is 0 Å². The number of allylic oxidation sites excluding steroid dienone is 1. The van der Waals surface area contributed by atoms with Gasteiger partial charge >= 0.3 is 0 Å². The second-order valence-corrected chi connectivity index (χ2v) is 6.95. The number of hydrogen-bond acceptors (Lipinski definition) is 4. The molecule has 0 aliphatic heterocycles. The fourth-order valence-electron chi connectivity index (χ4n) is 2.71. The number of benzene rings is 2. The van der Waals surface area contributed by atoms with Crippen LogP contribution < -0.4 is 4.74 Å². The molecule has 0 amide bonds. The van der Waals surface area contributed by atoms with Crippen molar-refractivity contribution >= 4 is 23.6 Å². The molecule has 27 heavy (non-hydrogen) atoms. The van der Waals surface area contributed by atoms with Gasteiger partial charge in [0.05, 0.1) is 7.11 Å². The maximum absolute atomic E-state index is 12.4. The Kier molecular flexibility index (Phi) is 6.49.